The van der Waals surface area contributed by atoms with E-state index in [0.717, 1.165) is 0 Å². The molecule has 0 atom stereocenters. The minimum atomic E-state index is -2.56. The molecule has 0 radical (unpaired) electrons. The summed E-state index contributed by atoms with van der Waals surface area (Å²) in [5.74, 6) is 0. The predicted octanol–water partition coefficient (Wildman–Crippen LogP) is 1.24. The fourth-order valence-electron chi connectivity index (χ4n) is 1.25. The molecule has 0 aromatic rings. The molecule has 0 fully saturated rings. The van der Waals surface area contributed by atoms with Crippen LogP contribution in [0.15, 0.2) is 0 Å². The largest absolute Gasteiger partial charge is 0.783 e. The molecule has 0 saturated heterocycles. The molecule has 0 aliphatic rings. The smallest absolute Gasteiger partial charge is 0.325 e. The number of quaternary nitrogens is 1. The van der Waals surface area contributed by atoms with E-state index in [1.54, 1.807) is 0 Å². The molecule has 0 heterocycles. The lowest BCUT2D eigenvalue weighted by atomic mass is 10.9. The van der Waals surface area contributed by atoms with Crippen LogP contribution in [-0.2, 0) is 13.3 Å². The van der Waals surface area contributed by atoms with E-state index in [1.165, 1.54) is 0 Å². The summed E-state index contributed by atoms with van der Waals surface area (Å²) in [6.07, 6.45) is 0. The lowest BCUT2D eigenvalue weighted by Crippen LogP contribution is -2.67. The van der Waals surface area contributed by atoms with Gasteiger partial charge in [-0.1, -0.05) is 0 Å². The molecule has 0 spiro atoms. The van der Waals surface area contributed by atoms with Crippen LogP contribution >= 0.6 is 0 Å². The van der Waals surface area contributed by atoms with Gasteiger partial charge in [0.25, 0.3) is 0 Å². The molecule has 0 rings (SSSR count). The van der Waals surface area contributed by atoms with E-state index in [1.807, 2.05) is 41.9 Å². The highest BCUT2D eigenvalue weighted by Gasteiger charge is 2.59. The molecule has 5 heteroatoms. The van der Waals surface area contributed by atoms with Gasteiger partial charge in [-0.15, -0.1) is 0 Å². The average molecular weight is 222 g/mol. The summed E-state index contributed by atoms with van der Waals surface area (Å²) < 4.78 is 17.8. The molecule has 0 aromatic carbocycles. The Morgan fingerprint density at radius 1 is 0.786 bits per heavy atom. The second-order valence-electron chi connectivity index (χ2n) is 3.84. The van der Waals surface area contributed by atoms with Gasteiger partial charge in [0.1, 0.15) is 0 Å². The number of hydrogen-bond acceptors (Lipinski definition) is 3. The van der Waals surface area contributed by atoms with Gasteiger partial charge in [-0.3, -0.25) is 0 Å². The third-order valence-electron chi connectivity index (χ3n) is 1.80. The van der Waals surface area contributed by atoms with E-state index < -0.39 is 8.97 Å². The van der Waals surface area contributed by atoms with Crippen molar-refractivity contribution >= 4 is 8.97 Å². The molecule has 0 unspecified atom stereocenters. The van der Waals surface area contributed by atoms with E-state index in [0.29, 0.717) is 24.0 Å². The van der Waals surface area contributed by atoms with Crippen LogP contribution in [0, 0.1) is 0 Å². The van der Waals surface area contributed by atoms with Crippen molar-refractivity contribution in [2.75, 3.05) is 41.0 Å². The Labute approximate surface area is 88.8 Å². The van der Waals surface area contributed by atoms with Crippen LogP contribution in [0.4, 0.5) is 0 Å². The van der Waals surface area contributed by atoms with Crippen LogP contribution in [0.3, 0.4) is 0 Å². The zero-order valence-electron chi connectivity index (χ0n) is 10.3. The second-order valence-corrected chi connectivity index (χ2v) is 7.09. The monoisotopic (exact) mass is 222 g/mol. The fraction of sp³-hybridized carbons (Fsp3) is 1.00. The first-order valence-corrected chi connectivity index (χ1v) is 6.84. The first-order valence-electron chi connectivity index (χ1n) is 5.16. The molecule has 0 aliphatic carbocycles. The van der Waals surface area contributed by atoms with Gasteiger partial charge < -0.3 is 17.4 Å². The average Bonchev–Trinajstić information content (AvgIpc) is 2.03. The van der Waals surface area contributed by atoms with Gasteiger partial charge in [-0.2, -0.15) is 0 Å². The minimum Gasteiger partial charge on any atom is -0.325 e. The Hall–Kier alpha value is 0.0569. The molecule has 0 saturated carbocycles. The van der Waals surface area contributed by atoms with E-state index in [2.05, 4.69) is 0 Å². The Balaban J connectivity index is 4.73. The summed E-state index contributed by atoms with van der Waals surface area (Å²) in [5.41, 5.74) is 0. The first-order chi connectivity index (χ1) is 6.43. The molecule has 0 bridgehead atoms. The minimum absolute atomic E-state index is 0.600. The van der Waals surface area contributed by atoms with Crippen molar-refractivity contribution in [3.05, 3.63) is 0 Å². The molecule has 14 heavy (non-hydrogen) atoms. The quantitative estimate of drug-likeness (QED) is 0.607. The van der Waals surface area contributed by atoms with Gasteiger partial charge in [-0.05, 0) is 20.8 Å². The third kappa shape index (κ3) is 3.32. The molecule has 0 N–H and O–H groups in total. The highest BCUT2D eigenvalue weighted by atomic mass is 28.4. The second kappa shape index (κ2) is 5.82. The zero-order valence-corrected chi connectivity index (χ0v) is 11.3. The number of hydrogen-bond donors (Lipinski definition) is 0. The van der Waals surface area contributed by atoms with Crippen molar-refractivity contribution in [2.24, 2.45) is 0 Å². The normalized spacial score (nSPS) is 13.3. The number of nitrogens with zero attached hydrogens (tertiary/aromatic N) is 1. The maximum Gasteiger partial charge on any atom is 0.783 e. The Bertz CT molecular complexity index is 142. The van der Waals surface area contributed by atoms with Crippen molar-refractivity contribution in [3.8, 4) is 0 Å². The van der Waals surface area contributed by atoms with Gasteiger partial charge in [0.2, 0.25) is 0 Å². The van der Waals surface area contributed by atoms with Crippen LogP contribution in [0.25, 0.3) is 0 Å². The van der Waals surface area contributed by atoms with E-state index in [-0.39, 0.29) is 0 Å². The first kappa shape index (κ1) is 14.1. The highest BCUT2D eigenvalue weighted by molar-refractivity contribution is 6.52. The lowest BCUT2D eigenvalue weighted by molar-refractivity contribution is -0.798. The summed E-state index contributed by atoms with van der Waals surface area (Å²) in [7, 11) is 3.59. The molecule has 0 aliphatic heterocycles. The summed E-state index contributed by atoms with van der Waals surface area (Å²) in [5, 5.41) is 0. The van der Waals surface area contributed by atoms with Crippen molar-refractivity contribution in [1.29, 1.82) is 0 Å². The van der Waals surface area contributed by atoms with Gasteiger partial charge in [-0.25, -0.2) is 0 Å². The highest BCUT2D eigenvalue weighted by Crippen LogP contribution is 2.18. The van der Waals surface area contributed by atoms with Crippen LogP contribution in [-0.4, -0.2) is 54.1 Å². The molecular weight excluding hydrogens is 198 g/mol. The standard InChI is InChI=1S/C9H24NO3Si/c1-7-11-14(12-8-2,13-9-3)10(4,5)6/h7-9H2,1-6H3/q+1. The summed E-state index contributed by atoms with van der Waals surface area (Å²) >= 11 is 0. The maximum atomic E-state index is 5.74. The molecule has 0 amide bonds. The van der Waals surface area contributed by atoms with Gasteiger partial charge >= 0.3 is 8.97 Å². The Morgan fingerprint density at radius 2 is 1.07 bits per heavy atom. The van der Waals surface area contributed by atoms with Gasteiger partial charge in [0.15, 0.2) is 0 Å². The Morgan fingerprint density at radius 3 is 1.21 bits per heavy atom. The third-order valence-corrected chi connectivity index (χ3v) is 5.41. The number of rotatable bonds is 7. The van der Waals surface area contributed by atoms with Crippen molar-refractivity contribution in [1.82, 2.24) is 0 Å². The molecular formula is C9H24NO3Si+. The van der Waals surface area contributed by atoms with Gasteiger partial charge in [0, 0.05) is 19.8 Å². The summed E-state index contributed by atoms with van der Waals surface area (Å²) in [4.78, 5) is 0. The summed E-state index contributed by atoms with van der Waals surface area (Å²) in [6, 6.07) is 0. The lowest BCUT2D eigenvalue weighted by Gasteiger charge is -2.37. The molecule has 0 aromatic heterocycles. The fourth-order valence-corrected chi connectivity index (χ4v) is 3.76. The van der Waals surface area contributed by atoms with Crippen LogP contribution in [0.5, 0.6) is 0 Å². The van der Waals surface area contributed by atoms with Crippen molar-refractivity contribution in [3.63, 3.8) is 0 Å². The summed E-state index contributed by atoms with van der Waals surface area (Å²) in [6.45, 7) is 7.78. The van der Waals surface area contributed by atoms with E-state index in [4.69, 9.17) is 13.3 Å². The Kier molecular flexibility index (Phi) is 5.85. The van der Waals surface area contributed by atoms with Crippen molar-refractivity contribution < 1.29 is 17.4 Å². The zero-order chi connectivity index (χ0) is 11.2. The molecule has 86 valence electrons. The maximum absolute atomic E-state index is 5.74. The van der Waals surface area contributed by atoms with E-state index >= 15 is 0 Å². The van der Waals surface area contributed by atoms with E-state index in [9.17, 15) is 0 Å². The molecule has 4 nitrogen and oxygen atoms in total. The van der Waals surface area contributed by atoms with Crippen LogP contribution in [0.1, 0.15) is 20.8 Å². The van der Waals surface area contributed by atoms with Gasteiger partial charge in [0.05, 0.1) is 21.1 Å². The van der Waals surface area contributed by atoms with Crippen molar-refractivity contribution in [2.45, 2.75) is 20.8 Å². The SMILES string of the molecule is CCO[Si](OCC)(OCC)[N+](C)(C)C. The van der Waals surface area contributed by atoms with Crippen LogP contribution in [0.2, 0.25) is 0 Å². The topological polar surface area (TPSA) is 27.7 Å². The predicted molar refractivity (Wildman–Crippen MR) is 58.7 cm³/mol. The van der Waals surface area contributed by atoms with Crippen LogP contribution < -0.4 is 0 Å².